The topological polar surface area (TPSA) is 120 Å². The van der Waals surface area contributed by atoms with Gasteiger partial charge in [-0.15, -0.1) is 0 Å². The summed E-state index contributed by atoms with van der Waals surface area (Å²) in [6.07, 6.45) is 2.76. The number of phenols is 1. The maximum atomic E-state index is 12.3. The minimum Gasteiger partial charge on any atom is -0.508 e. The van der Waals surface area contributed by atoms with Gasteiger partial charge in [0.1, 0.15) is 11.6 Å². The van der Waals surface area contributed by atoms with Gasteiger partial charge >= 0.3 is 0 Å². The Kier molecular flexibility index (Phi) is 8.80. The number of aliphatic hydroxyl groups is 1. The van der Waals surface area contributed by atoms with Crippen molar-refractivity contribution in [3.8, 4) is 5.75 Å². The predicted molar refractivity (Wildman–Crippen MR) is 130 cm³/mol. The number of carbonyl (C=O) groups is 1. The first-order valence-electron chi connectivity index (χ1n) is 11.1. The molecule has 1 heterocycles. The number of aliphatic hydroxyl groups excluding tert-OH is 1. The minimum atomic E-state index is -0.655. The largest absolute Gasteiger partial charge is 0.508 e. The minimum absolute atomic E-state index is 0.0164. The van der Waals surface area contributed by atoms with E-state index in [1.54, 1.807) is 30.5 Å². The van der Waals surface area contributed by atoms with Crippen molar-refractivity contribution < 1.29 is 15.0 Å². The van der Waals surface area contributed by atoms with Gasteiger partial charge in [-0.3, -0.25) is 4.79 Å². The lowest BCUT2D eigenvalue weighted by Crippen LogP contribution is -2.32. The summed E-state index contributed by atoms with van der Waals surface area (Å²) in [7, 11) is 0. The maximum Gasteiger partial charge on any atom is 0.224 e. The van der Waals surface area contributed by atoms with Crippen molar-refractivity contribution in [2.45, 2.75) is 38.3 Å². The molecule has 0 unspecified atom stereocenters. The van der Waals surface area contributed by atoms with Crippen molar-refractivity contribution in [2.75, 3.05) is 18.8 Å². The fourth-order valence-electron chi connectivity index (χ4n) is 3.59. The van der Waals surface area contributed by atoms with E-state index in [0.29, 0.717) is 31.7 Å². The summed E-state index contributed by atoms with van der Waals surface area (Å²) in [4.78, 5) is 16.3. The molecule has 7 heteroatoms. The Morgan fingerprint density at radius 1 is 1.06 bits per heavy atom. The van der Waals surface area contributed by atoms with E-state index in [1.807, 2.05) is 30.3 Å². The summed E-state index contributed by atoms with van der Waals surface area (Å²) in [5.41, 5.74) is 9.48. The van der Waals surface area contributed by atoms with E-state index in [1.165, 1.54) is 0 Å². The molecule has 0 aliphatic carbocycles. The molecular weight excluding hydrogens is 416 g/mol. The molecule has 1 amide bonds. The van der Waals surface area contributed by atoms with Gasteiger partial charge in [-0.1, -0.05) is 42.5 Å². The molecule has 3 rings (SSSR count). The van der Waals surface area contributed by atoms with E-state index in [9.17, 15) is 15.0 Å². The predicted octanol–water partition coefficient (Wildman–Crippen LogP) is 2.53. The van der Waals surface area contributed by atoms with Crippen LogP contribution in [0.1, 0.15) is 35.3 Å². The van der Waals surface area contributed by atoms with Crippen molar-refractivity contribution in [2.24, 2.45) is 0 Å². The number of anilines is 1. The number of nitrogens with zero attached hydrogens (tertiary/aromatic N) is 1. The Morgan fingerprint density at radius 3 is 2.55 bits per heavy atom. The zero-order chi connectivity index (χ0) is 23.6. The SMILES string of the molecule is C[C@H](Cc1cccc(CC(=O)NCCc2ccc(O)cc2)c1)NC[C@H](O)c1ccc(N)nc1. The van der Waals surface area contributed by atoms with Gasteiger partial charge in [-0.25, -0.2) is 4.98 Å². The number of nitrogens with one attached hydrogen (secondary N) is 2. The number of benzene rings is 2. The molecule has 33 heavy (non-hydrogen) atoms. The van der Waals surface area contributed by atoms with E-state index in [4.69, 9.17) is 5.73 Å². The first-order valence-corrected chi connectivity index (χ1v) is 11.1. The average molecular weight is 449 g/mol. The van der Waals surface area contributed by atoms with E-state index < -0.39 is 6.10 Å². The smallest absolute Gasteiger partial charge is 0.224 e. The third kappa shape index (κ3) is 8.21. The summed E-state index contributed by atoms with van der Waals surface area (Å²) in [5, 5.41) is 26.0. The Balaban J connectivity index is 1.42. The van der Waals surface area contributed by atoms with Crippen molar-refractivity contribution in [3.05, 3.63) is 89.1 Å². The third-order valence-corrected chi connectivity index (χ3v) is 5.42. The van der Waals surface area contributed by atoms with Gasteiger partial charge in [0.25, 0.3) is 0 Å². The van der Waals surface area contributed by atoms with E-state index >= 15 is 0 Å². The van der Waals surface area contributed by atoms with Crippen LogP contribution in [0.5, 0.6) is 5.75 Å². The monoisotopic (exact) mass is 448 g/mol. The van der Waals surface area contributed by atoms with Gasteiger partial charge in [0.15, 0.2) is 0 Å². The lowest BCUT2D eigenvalue weighted by molar-refractivity contribution is -0.120. The lowest BCUT2D eigenvalue weighted by Gasteiger charge is -2.18. The van der Waals surface area contributed by atoms with Crippen LogP contribution in [-0.4, -0.2) is 40.2 Å². The molecule has 0 fully saturated rings. The molecule has 0 saturated heterocycles. The number of nitrogen functional groups attached to an aromatic ring is 1. The molecule has 2 atom stereocenters. The van der Waals surface area contributed by atoms with Crippen LogP contribution in [0.15, 0.2) is 66.9 Å². The number of nitrogens with two attached hydrogens (primary N) is 1. The van der Waals surface area contributed by atoms with Crippen LogP contribution >= 0.6 is 0 Å². The molecule has 0 aliphatic heterocycles. The van der Waals surface area contributed by atoms with Crippen molar-refractivity contribution in [3.63, 3.8) is 0 Å². The Bertz CT molecular complexity index is 1020. The number of hydrogen-bond donors (Lipinski definition) is 5. The Morgan fingerprint density at radius 2 is 1.82 bits per heavy atom. The second-order valence-electron chi connectivity index (χ2n) is 8.31. The summed E-state index contributed by atoms with van der Waals surface area (Å²) in [5.74, 6) is 0.651. The van der Waals surface area contributed by atoms with Gasteiger partial charge in [-0.05, 0) is 54.7 Å². The first kappa shape index (κ1) is 24.2. The average Bonchev–Trinajstić information content (AvgIpc) is 2.79. The summed E-state index contributed by atoms with van der Waals surface area (Å²) >= 11 is 0. The fraction of sp³-hybridized carbons (Fsp3) is 0.308. The molecule has 0 saturated carbocycles. The molecule has 6 N–H and O–H groups in total. The Labute approximate surface area is 194 Å². The second-order valence-corrected chi connectivity index (χ2v) is 8.31. The number of rotatable bonds is 11. The van der Waals surface area contributed by atoms with Crippen LogP contribution < -0.4 is 16.4 Å². The van der Waals surface area contributed by atoms with Gasteiger partial charge in [-0.2, -0.15) is 0 Å². The zero-order valence-corrected chi connectivity index (χ0v) is 18.9. The number of phenolic OH excluding ortho intramolecular Hbond substituents is 1. The van der Waals surface area contributed by atoms with Crippen molar-refractivity contribution >= 4 is 11.7 Å². The normalized spacial score (nSPS) is 12.8. The lowest BCUT2D eigenvalue weighted by atomic mass is 10.0. The highest BCUT2D eigenvalue weighted by Crippen LogP contribution is 2.13. The highest BCUT2D eigenvalue weighted by molar-refractivity contribution is 5.78. The standard InChI is InChI=1S/C26H32N4O3/c1-18(29-17-24(32)22-7-10-25(27)30-16-22)13-20-3-2-4-21(14-20)15-26(33)28-12-11-19-5-8-23(31)9-6-19/h2-10,14,16,18,24,29,31-32H,11-13,15,17H2,1H3,(H2,27,30)(H,28,33)/t18-,24+/m1/s1. The molecular formula is C26H32N4O3. The molecule has 0 radical (unpaired) electrons. The van der Waals surface area contributed by atoms with Gasteiger partial charge < -0.3 is 26.6 Å². The first-order chi connectivity index (χ1) is 15.9. The van der Waals surface area contributed by atoms with Crippen LogP contribution in [0.2, 0.25) is 0 Å². The Hall–Kier alpha value is -3.42. The second kappa shape index (κ2) is 12.0. The summed E-state index contributed by atoms with van der Waals surface area (Å²) in [6, 6.07) is 18.6. The van der Waals surface area contributed by atoms with Crippen molar-refractivity contribution in [1.29, 1.82) is 0 Å². The molecule has 0 spiro atoms. The van der Waals surface area contributed by atoms with E-state index in [2.05, 4.69) is 28.6 Å². The van der Waals surface area contributed by atoms with Gasteiger partial charge in [0.2, 0.25) is 5.91 Å². The van der Waals surface area contributed by atoms with Crippen LogP contribution in [0.3, 0.4) is 0 Å². The summed E-state index contributed by atoms with van der Waals surface area (Å²) < 4.78 is 0. The molecule has 174 valence electrons. The number of pyridine rings is 1. The molecule has 7 nitrogen and oxygen atoms in total. The molecule has 0 bridgehead atoms. The highest BCUT2D eigenvalue weighted by atomic mass is 16.3. The number of amides is 1. The zero-order valence-electron chi connectivity index (χ0n) is 18.9. The third-order valence-electron chi connectivity index (χ3n) is 5.42. The molecule has 0 aliphatic rings. The fourth-order valence-corrected chi connectivity index (χ4v) is 3.59. The van der Waals surface area contributed by atoms with E-state index in [0.717, 1.165) is 28.7 Å². The molecule has 1 aromatic heterocycles. The highest BCUT2D eigenvalue weighted by Gasteiger charge is 2.11. The molecule has 3 aromatic rings. The number of aromatic hydroxyl groups is 1. The van der Waals surface area contributed by atoms with Crippen LogP contribution in [-0.2, 0) is 24.1 Å². The number of hydrogen-bond acceptors (Lipinski definition) is 6. The summed E-state index contributed by atoms with van der Waals surface area (Å²) in [6.45, 7) is 3.03. The quantitative estimate of drug-likeness (QED) is 0.307. The van der Waals surface area contributed by atoms with Gasteiger partial charge in [0, 0.05) is 30.9 Å². The number of carbonyl (C=O) groups excluding carboxylic acids is 1. The van der Waals surface area contributed by atoms with Gasteiger partial charge in [0.05, 0.1) is 12.5 Å². The molecule has 2 aromatic carbocycles. The van der Waals surface area contributed by atoms with E-state index in [-0.39, 0.29) is 17.7 Å². The van der Waals surface area contributed by atoms with Crippen LogP contribution in [0.25, 0.3) is 0 Å². The maximum absolute atomic E-state index is 12.3. The van der Waals surface area contributed by atoms with Crippen LogP contribution in [0, 0.1) is 0 Å². The van der Waals surface area contributed by atoms with Crippen molar-refractivity contribution in [1.82, 2.24) is 15.6 Å². The van der Waals surface area contributed by atoms with Crippen LogP contribution in [0.4, 0.5) is 5.82 Å². The number of aromatic nitrogens is 1.